The Labute approximate surface area is 246 Å². The molecule has 6 rings (SSSR count). The van der Waals surface area contributed by atoms with Crippen molar-refractivity contribution in [2.24, 2.45) is 0 Å². The lowest BCUT2D eigenvalue weighted by Gasteiger charge is -2.10. The van der Waals surface area contributed by atoms with E-state index < -0.39 is 0 Å². The number of benzene rings is 2. The van der Waals surface area contributed by atoms with Crippen LogP contribution in [0.15, 0.2) is 36.4 Å². The summed E-state index contributed by atoms with van der Waals surface area (Å²) in [4.78, 5) is 18.2. The number of hydrogen-bond donors (Lipinski definition) is 0. The van der Waals surface area contributed by atoms with Crippen LogP contribution in [0.4, 0.5) is 0 Å². The second kappa shape index (κ2) is 16.1. The van der Waals surface area contributed by atoms with Crippen LogP contribution < -0.4 is 14.2 Å². The minimum absolute atomic E-state index is 0.292. The van der Waals surface area contributed by atoms with Crippen molar-refractivity contribution < 1.29 is 14.2 Å². The Bertz CT molecular complexity index is 1380. The van der Waals surface area contributed by atoms with Crippen LogP contribution in [0.25, 0.3) is 21.8 Å². The largest absolute Gasteiger partial charge is 0.480 e. The molecule has 4 aromatic rings. The summed E-state index contributed by atoms with van der Waals surface area (Å²) >= 11 is 0. The van der Waals surface area contributed by atoms with E-state index >= 15 is 0 Å². The first-order valence-corrected chi connectivity index (χ1v) is 15.5. The van der Waals surface area contributed by atoms with Gasteiger partial charge in [0.25, 0.3) is 0 Å². The molecule has 0 radical (unpaired) electrons. The predicted octanol–water partition coefficient (Wildman–Crippen LogP) is 8.65. The summed E-state index contributed by atoms with van der Waals surface area (Å²) in [5.41, 5.74) is 4.55. The van der Waals surface area contributed by atoms with Gasteiger partial charge in [-0.25, -0.2) is 4.98 Å². The third-order valence-corrected chi connectivity index (χ3v) is 6.71. The molecule has 2 aromatic carbocycles. The Kier molecular flexibility index (Phi) is 12.6. The molecule has 0 atom stereocenters. The lowest BCUT2D eigenvalue weighted by molar-refractivity contribution is 0.273. The molecule has 222 valence electrons. The van der Waals surface area contributed by atoms with E-state index in [2.05, 4.69) is 47.0 Å². The fourth-order valence-electron chi connectivity index (χ4n) is 4.53. The minimum Gasteiger partial charge on any atom is -0.480 e. The number of hydrogen-bond acceptors (Lipinski definition) is 7. The van der Waals surface area contributed by atoms with E-state index in [1.807, 2.05) is 45.9 Å². The Balaban J connectivity index is 0.000000202. The quantitative estimate of drug-likeness (QED) is 0.203. The van der Waals surface area contributed by atoms with Gasteiger partial charge < -0.3 is 14.2 Å². The first-order chi connectivity index (χ1) is 20.1. The Hall–Kier alpha value is -3.48. The van der Waals surface area contributed by atoms with Crippen LogP contribution in [0.2, 0.25) is 0 Å². The molecule has 0 saturated heterocycles. The van der Waals surface area contributed by atoms with Crippen molar-refractivity contribution in [3.63, 3.8) is 0 Å². The standard InChI is InChI=1S/C15H18N2O2.C15H18N2O.2C2H6/c1-3-5-10-6-4-7-12-13(10)16-15(17-14(12)18-2)19-11-8-9-11;1-3-5-10-6-4-7-12-13(10)16-14(11-8-9-11)17-15(12)18-2;2*1-2/h4,6-7,11H,3,5,8-9H2,1-2H3;4,6-7,11H,3,5,8-9H2,1-2H3;2*1-2H3. The number of aromatic nitrogens is 4. The lowest BCUT2D eigenvalue weighted by atomic mass is 10.1. The van der Waals surface area contributed by atoms with E-state index in [1.54, 1.807) is 14.2 Å². The zero-order valence-corrected chi connectivity index (χ0v) is 26.3. The molecule has 0 aliphatic heterocycles. The van der Waals surface area contributed by atoms with E-state index in [0.717, 1.165) is 72.0 Å². The van der Waals surface area contributed by atoms with Crippen molar-refractivity contribution >= 4 is 21.8 Å². The molecular weight excluding hydrogens is 512 g/mol. The molecule has 2 aliphatic rings. The molecule has 2 aromatic heterocycles. The van der Waals surface area contributed by atoms with E-state index in [4.69, 9.17) is 19.2 Å². The third kappa shape index (κ3) is 8.27. The molecule has 0 bridgehead atoms. The first-order valence-electron chi connectivity index (χ1n) is 15.5. The number of methoxy groups -OCH3 is 2. The van der Waals surface area contributed by atoms with Crippen LogP contribution in [0.3, 0.4) is 0 Å². The van der Waals surface area contributed by atoms with Crippen molar-refractivity contribution in [1.29, 1.82) is 0 Å². The average molecular weight is 561 g/mol. The second-order valence-corrected chi connectivity index (χ2v) is 9.82. The van der Waals surface area contributed by atoms with E-state index in [0.29, 0.717) is 23.9 Å². The summed E-state index contributed by atoms with van der Waals surface area (Å²) in [6, 6.07) is 12.8. The zero-order chi connectivity index (χ0) is 29.8. The van der Waals surface area contributed by atoms with Gasteiger partial charge >= 0.3 is 6.01 Å². The van der Waals surface area contributed by atoms with Crippen LogP contribution in [0.1, 0.15) is 103 Å². The van der Waals surface area contributed by atoms with Gasteiger partial charge in [0.05, 0.1) is 36.0 Å². The molecule has 41 heavy (non-hydrogen) atoms. The van der Waals surface area contributed by atoms with Crippen LogP contribution in [0, 0.1) is 0 Å². The third-order valence-electron chi connectivity index (χ3n) is 6.71. The molecule has 0 spiro atoms. The predicted molar refractivity (Wildman–Crippen MR) is 168 cm³/mol. The van der Waals surface area contributed by atoms with Gasteiger partial charge in [0.1, 0.15) is 11.9 Å². The number of fused-ring (bicyclic) bond motifs is 2. The van der Waals surface area contributed by atoms with Gasteiger partial charge in [-0.1, -0.05) is 78.6 Å². The number of rotatable bonds is 9. The maximum absolute atomic E-state index is 5.71. The van der Waals surface area contributed by atoms with Gasteiger partial charge in [-0.15, -0.1) is 0 Å². The maximum atomic E-state index is 5.71. The number of aryl methyl sites for hydroxylation is 2. The molecule has 0 amide bonds. The van der Waals surface area contributed by atoms with Gasteiger partial charge in [0.15, 0.2) is 0 Å². The number of nitrogens with zero attached hydrogens (tertiary/aromatic N) is 4. The fraction of sp³-hybridized carbons (Fsp3) is 0.529. The highest BCUT2D eigenvalue weighted by molar-refractivity contribution is 5.87. The normalized spacial score (nSPS) is 13.7. The summed E-state index contributed by atoms with van der Waals surface area (Å²) in [7, 11) is 3.32. The molecule has 2 fully saturated rings. The number of para-hydroxylation sites is 2. The van der Waals surface area contributed by atoms with Gasteiger partial charge in [-0.05, 0) is 61.8 Å². The average Bonchev–Trinajstić information content (AvgIpc) is 3.95. The SMILES string of the molecule is CC.CC.CCCc1cccc2c(OC)nc(C3CC3)nc12.CCCc1cccc2c(OC)nc(OC3CC3)nc12. The summed E-state index contributed by atoms with van der Waals surface area (Å²) in [5, 5.41) is 1.99. The van der Waals surface area contributed by atoms with Gasteiger partial charge in [-0.2, -0.15) is 15.0 Å². The fourth-order valence-corrected chi connectivity index (χ4v) is 4.53. The Morgan fingerprint density at radius 2 is 1.17 bits per heavy atom. The van der Waals surface area contributed by atoms with Crippen LogP contribution in [-0.4, -0.2) is 40.3 Å². The summed E-state index contributed by atoms with van der Waals surface area (Å²) in [5.74, 6) is 2.83. The smallest absolute Gasteiger partial charge is 0.320 e. The molecule has 7 heteroatoms. The summed E-state index contributed by atoms with van der Waals surface area (Å²) in [6.07, 6.45) is 9.19. The van der Waals surface area contributed by atoms with Gasteiger partial charge in [0.2, 0.25) is 11.8 Å². The van der Waals surface area contributed by atoms with Crippen molar-refractivity contribution in [1.82, 2.24) is 19.9 Å². The highest BCUT2D eigenvalue weighted by Gasteiger charge is 2.28. The van der Waals surface area contributed by atoms with Crippen LogP contribution >= 0.6 is 0 Å². The minimum atomic E-state index is 0.292. The molecule has 7 nitrogen and oxygen atoms in total. The maximum Gasteiger partial charge on any atom is 0.320 e. The van der Waals surface area contributed by atoms with E-state index in [1.165, 1.54) is 24.0 Å². The molecule has 0 N–H and O–H groups in total. The molecule has 2 heterocycles. The Morgan fingerprint density at radius 1 is 0.659 bits per heavy atom. The van der Waals surface area contributed by atoms with E-state index in [9.17, 15) is 0 Å². The summed E-state index contributed by atoms with van der Waals surface area (Å²) in [6.45, 7) is 12.4. The van der Waals surface area contributed by atoms with Crippen molar-refractivity contribution in [3.8, 4) is 17.8 Å². The highest BCUT2D eigenvalue weighted by atomic mass is 16.5. The van der Waals surface area contributed by atoms with Crippen molar-refractivity contribution in [3.05, 3.63) is 53.3 Å². The highest BCUT2D eigenvalue weighted by Crippen LogP contribution is 2.40. The second-order valence-electron chi connectivity index (χ2n) is 9.82. The molecular formula is C34H48N4O3. The topological polar surface area (TPSA) is 79.3 Å². The number of ether oxygens (including phenoxy) is 3. The monoisotopic (exact) mass is 560 g/mol. The van der Waals surface area contributed by atoms with Crippen LogP contribution in [-0.2, 0) is 12.8 Å². The zero-order valence-electron chi connectivity index (χ0n) is 26.3. The van der Waals surface area contributed by atoms with Gasteiger partial charge in [-0.3, -0.25) is 0 Å². The van der Waals surface area contributed by atoms with E-state index in [-0.39, 0.29) is 0 Å². The molecule has 0 unspecified atom stereocenters. The molecule has 2 saturated carbocycles. The lowest BCUT2D eigenvalue weighted by Crippen LogP contribution is -2.03. The van der Waals surface area contributed by atoms with Gasteiger partial charge in [0, 0.05) is 5.92 Å². The Morgan fingerprint density at radius 3 is 1.63 bits per heavy atom. The van der Waals surface area contributed by atoms with Crippen molar-refractivity contribution in [2.45, 2.75) is 105 Å². The van der Waals surface area contributed by atoms with Crippen molar-refractivity contribution in [2.75, 3.05) is 14.2 Å². The van der Waals surface area contributed by atoms with Crippen LogP contribution in [0.5, 0.6) is 17.8 Å². The summed E-state index contributed by atoms with van der Waals surface area (Å²) < 4.78 is 16.5. The molecule has 2 aliphatic carbocycles. The first kappa shape index (κ1) is 32.0.